The molecule has 0 aromatic carbocycles. The van der Waals surface area contributed by atoms with Crippen LogP contribution in [-0.4, -0.2) is 11.7 Å². The van der Waals surface area contributed by atoms with Crippen LogP contribution in [0.5, 0.6) is 0 Å². The predicted molar refractivity (Wildman–Crippen MR) is 81.8 cm³/mol. The van der Waals surface area contributed by atoms with E-state index in [2.05, 4.69) is 27.7 Å². The number of unbranched alkanes of at least 4 members (excludes halogenated alkanes) is 2. The fraction of sp³-hybridized carbons (Fsp3) is 1.00. The van der Waals surface area contributed by atoms with E-state index in [0.717, 1.165) is 11.8 Å². The second kappa shape index (κ2) is 12.0. The summed E-state index contributed by atoms with van der Waals surface area (Å²) in [4.78, 5) is 0. The molecule has 0 saturated carbocycles. The zero-order valence-corrected chi connectivity index (χ0v) is 13.3. The van der Waals surface area contributed by atoms with Crippen LogP contribution in [0, 0.1) is 17.8 Å². The molecule has 110 valence electrons. The van der Waals surface area contributed by atoms with Gasteiger partial charge in [0.05, 0.1) is 0 Å². The van der Waals surface area contributed by atoms with E-state index < -0.39 is 0 Å². The van der Waals surface area contributed by atoms with Gasteiger partial charge in [0.25, 0.3) is 0 Å². The number of rotatable bonds is 12. The molecule has 0 aliphatic carbocycles. The van der Waals surface area contributed by atoms with Crippen LogP contribution in [0.25, 0.3) is 0 Å². The summed E-state index contributed by atoms with van der Waals surface area (Å²) in [5.74, 6) is 2.12. The van der Waals surface area contributed by atoms with Gasteiger partial charge in [0.1, 0.15) is 0 Å². The standard InChI is InChI=1S/C17H36O/c1-5-9-11-15(7-3)13-17(14-18)16(8-4)12-10-6-2/h15-18H,5-14H2,1-4H3. The molecule has 0 aliphatic heterocycles. The van der Waals surface area contributed by atoms with E-state index >= 15 is 0 Å². The molecule has 0 amide bonds. The average molecular weight is 256 g/mol. The fourth-order valence-corrected chi connectivity index (χ4v) is 3.07. The Morgan fingerprint density at radius 1 is 0.778 bits per heavy atom. The first-order valence-electron chi connectivity index (χ1n) is 8.34. The van der Waals surface area contributed by atoms with Crippen molar-refractivity contribution < 1.29 is 5.11 Å². The molecule has 0 bridgehead atoms. The smallest absolute Gasteiger partial charge is 0.0462 e. The van der Waals surface area contributed by atoms with E-state index in [1.165, 1.54) is 57.8 Å². The highest BCUT2D eigenvalue weighted by Gasteiger charge is 2.22. The first kappa shape index (κ1) is 18.0. The molecule has 0 heterocycles. The normalized spacial score (nSPS) is 16.5. The Balaban J connectivity index is 4.24. The van der Waals surface area contributed by atoms with Crippen LogP contribution in [0.4, 0.5) is 0 Å². The molecule has 0 spiro atoms. The van der Waals surface area contributed by atoms with E-state index in [9.17, 15) is 5.11 Å². The summed E-state index contributed by atoms with van der Waals surface area (Å²) in [5.41, 5.74) is 0. The van der Waals surface area contributed by atoms with Gasteiger partial charge in [-0.3, -0.25) is 0 Å². The fourth-order valence-electron chi connectivity index (χ4n) is 3.07. The second-order valence-corrected chi connectivity index (χ2v) is 5.91. The lowest BCUT2D eigenvalue weighted by Gasteiger charge is -2.28. The molecule has 18 heavy (non-hydrogen) atoms. The van der Waals surface area contributed by atoms with Gasteiger partial charge in [-0.05, 0) is 24.2 Å². The van der Waals surface area contributed by atoms with Crippen molar-refractivity contribution in [3.63, 3.8) is 0 Å². The van der Waals surface area contributed by atoms with E-state index in [1.807, 2.05) is 0 Å². The van der Waals surface area contributed by atoms with E-state index in [0.29, 0.717) is 12.5 Å². The van der Waals surface area contributed by atoms with E-state index in [1.54, 1.807) is 0 Å². The SMILES string of the molecule is CCCCC(CC)CC(CO)C(CC)CCCC. The van der Waals surface area contributed by atoms with Crippen molar-refractivity contribution in [3.05, 3.63) is 0 Å². The molecular formula is C17H36O. The maximum atomic E-state index is 9.70. The third-order valence-corrected chi connectivity index (χ3v) is 4.53. The largest absolute Gasteiger partial charge is 0.396 e. The van der Waals surface area contributed by atoms with Crippen LogP contribution in [0.3, 0.4) is 0 Å². The molecular weight excluding hydrogens is 220 g/mol. The maximum Gasteiger partial charge on any atom is 0.0462 e. The van der Waals surface area contributed by atoms with Crippen LogP contribution in [0.1, 0.15) is 85.5 Å². The van der Waals surface area contributed by atoms with Crippen LogP contribution >= 0.6 is 0 Å². The molecule has 0 aliphatic rings. The Kier molecular flexibility index (Phi) is 12.0. The Morgan fingerprint density at radius 2 is 1.39 bits per heavy atom. The molecule has 0 fully saturated rings. The number of hydrogen-bond donors (Lipinski definition) is 1. The summed E-state index contributed by atoms with van der Waals surface area (Å²) in [6, 6.07) is 0. The maximum absolute atomic E-state index is 9.70. The highest BCUT2D eigenvalue weighted by atomic mass is 16.3. The molecule has 1 nitrogen and oxygen atoms in total. The van der Waals surface area contributed by atoms with Gasteiger partial charge in [-0.15, -0.1) is 0 Å². The minimum atomic E-state index is 0.394. The van der Waals surface area contributed by atoms with Gasteiger partial charge in [-0.1, -0.05) is 79.1 Å². The zero-order chi connectivity index (χ0) is 13.8. The van der Waals surface area contributed by atoms with Gasteiger partial charge in [0.15, 0.2) is 0 Å². The lowest BCUT2D eigenvalue weighted by molar-refractivity contribution is 0.134. The van der Waals surface area contributed by atoms with Crippen molar-refractivity contribution >= 4 is 0 Å². The van der Waals surface area contributed by atoms with Gasteiger partial charge >= 0.3 is 0 Å². The topological polar surface area (TPSA) is 20.2 Å². The van der Waals surface area contributed by atoms with Crippen LogP contribution in [-0.2, 0) is 0 Å². The van der Waals surface area contributed by atoms with Crippen molar-refractivity contribution in [1.29, 1.82) is 0 Å². The molecule has 1 heteroatoms. The minimum Gasteiger partial charge on any atom is -0.396 e. The monoisotopic (exact) mass is 256 g/mol. The van der Waals surface area contributed by atoms with Gasteiger partial charge in [-0.2, -0.15) is 0 Å². The third-order valence-electron chi connectivity index (χ3n) is 4.53. The number of aliphatic hydroxyl groups is 1. The Labute approximate surface area is 115 Å². The van der Waals surface area contributed by atoms with Crippen molar-refractivity contribution in [2.24, 2.45) is 17.8 Å². The highest BCUT2D eigenvalue weighted by Crippen LogP contribution is 2.30. The third kappa shape index (κ3) is 7.41. The van der Waals surface area contributed by atoms with Gasteiger partial charge < -0.3 is 5.11 Å². The van der Waals surface area contributed by atoms with E-state index in [-0.39, 0.29) is 0 Å². The number of aliphatic hydroxyl groups excluding tert-OH is 1. The Morgan fingerprint density at radius 3 is 1.83 bits per heavy atom. The van der Waals surface area contributed by atoms with Crippen LogP contribution in [0.2, 0.25) is 0 Å². The van der Waals surface area contributed by atoms with Gasteiger partial charge in [0, 0.05) is 6.61 Å². The summed E-state index contributed by atoms with van der Waals surface area (Å²) >= 11 is 0. The molecule has 0 radical (unpaired) electrons. The summed E-state index contributed by atoms with van der Waals surface area (Å²) in [6.07, 6.45) is 11.7. The Bertz CT molecular complexity index is 167. The van der Waals surface area contributed by atoms with Crippen molar-refractivity contribution in [1.82, 2.24) is 0 Å². The summed E-state index contributed by atoms with van der Waals surface area (Å²) in [5, 5.41) is 9.70. The van der Waals surface area contributed by atoms with Gasteiger partial charge in [-0.25, -0.2) is 0 Å². The highest BCUT2D eigenvalue weighted by molar-refractivity contribution is 4.72. The predicted octanol–water partition coefficient (Wildman–Crippen LogP) is 5.42. The number of hydrogen-bond acceptors (Lipinski definition) is 1. The molecule has 0 aromatic heterocycles. The summed E-state index contributed by atoms with van der Waals surface area (Å²) in [6.45, 7) is 9.52. The molecule has 3 atom stereocenters. The van der Waals surface area contributed by atoms with Crippen LogP contribution < -0.4 is 0 Å². The van der Waals surface area contributed by atoms with Crippen LogP contribution in [0.15, 0.2) is 0 Å². The van der Waals surface area contributed by atoms with E-state index in [4.69, 9.17) is 0 Å². The molecule has 0 rings (SSSR count). The lowest BCUT2D eigenvalue weighted by atomic mass is 9.79. The lowest BCUT2D eigenvalue weighted by Crippen LogP contribution is -2.21. The van der Waals surface area contributed by atoms with Crippen molar-refractivity contribution in [2.45, 2.75) is 85.5 Å². The van der Waals surface area contributed by atoms with Crippen molar-refractivity contribution in [3.8, 4) is 0 Å². The van der Waals surface area contributed by atoms with Gasteiger partial charge in [0.2, 0.25) is 0 Å². The molecule has 0 saturated heterocycles. The summed E-state index contributed by atoms with van der Waals surface area (Å²) in [7, 11) is 0. The minimum absolute atomic E-state index is 0.394. The second-order valence-electron chi connectivity index (χ2n) is 5.91. The Hall–Kier alpha value is -0.0400. The average Bonchev–Trinajstić information content (AvgIpc) is 2.41. The molecule has 0 aromatic rings. The molecule has 1 N–H and O–H groups in total. The first-order valence-corrected chi connectivity index (χ1v) is 8.34. The quantitative estimate of drug-likeness (QED) is 0.494. The van der Waals surface area contributed by atoms with Crippen molar-refractivity contribution in [2.75, 3.05) is 6.61 Å². The molecule has 3 unspecified atom stereocenters. The summed E-state index contributed by atoms with van der Waals surface area (Å²) < 4.78 is 0. The zero-order valence-electron chi connectivity index (χ0n) is 13.3. The first-order chi connectivity index (χ1) is 8.73.